The third-order valence-corrected chi connectivity index (χ3v) is 4.44. The number of Topliss-reactive ketones (excluding diaryl/α,β-unsaturated/α-hetero) is 1. The topological polar surface area (TPSA) is 120 Å². The average molecular weight is 416 g/mol. The summed E-state index contributed by atoms with van der Waals surface area (Å²) < 4.78 is 31.9. The Labute approximate surface area is 169 Å². The molecule has 30 heavy (non-hydrogen) atoms. The summed E-state index contributed by atoms with van der Waals surface area (Å²) in [6.45, 7) is -1.39. The molecule has 0 saturated heterocycles. The highest BCUT2D eigenvalue weighted by Gasteiger charge is 2.29. The molecule has 1 atom stereocenters. The highest BCUT2D eigenvalue weighted by Crippen LogP contribution is 2.28. The van der Waals surface area contributed by atoms with Gasteiger partial charge in [-0.3, -0.25) is 14.4 Å². The molecule has 1 unspecified atom stereocenters. The Bertz CT molecular complexity index is 1080. The fraction of sp³-hybridized carbons (Fsp3) is 0.200. The molecule has 3 rings (SSSR count). The zero-order valence-electron chi connectivity index (χ0n) is 15.8. The first-order chi connectivity index (χ1) is 14.3. The second kappa shape index (κ2) is 8.68. The van der Waals surface area contributed by atoms with Crippen LogP contribution in [0.15, 0.2) is 53.3 Å². The molecule has 156 valence electrons. The summed E-state index contributed by atoms with van der Waals surface area (Å²) in [4.78, 5) is 36.6. The number of rotatable bonds is 8. The van der Waals surface area contributed by atoms with Crippen molar-refractivity contribution < 1.29 is 27.6 Å². The fourth-order valence-corrected chi connectivity index (χ4v) is 2.95. The third-order valence-electron chi connectivity index (χ3n) is 4.44. The van der Waals surface area contributed by atoms with Crippen molar-refractivity contribution in [3.05, 3.63) is 65.7 Å². The number of hydrogen-bond donors (Lipinski definition) is 2. The Hall–Kier alpha value is -3.82. The van der Waals surface area contributed by atoms with E-state index in [1.807, 2.05) is 0 Å². The number of carbonyl (C=O) groups is 3. The van der Waals surface area contributed by atoms with Gasteiger partial charge in [-0.15, -0.1) is 0 Å². The molecular formula is C20H18F2N4O4. The summed E-state index contributed by atoms with van der Waals surface area (Å²) >= 11 is 0. The Morgan fingerprint density at radius 3 is 2.47 bits per heavy atom. The van der Waals surface area contributed by atoms with E-state index in [-0.39, 0.29) is 17.7 Å². The van der Waals surface area contributed by atoms with Gasteiger partial charge in [0, 0.05) is 18.2 Å². The number of primary amides is 1. The number of ketones is 1. The van der Waals surface area contributed by atoms with Crippen LogP contribution in [0, 0.1) is 6.92 Å². The van der Waals surface area contributed by atoms with Crippen molar-refractivity contribution in [2.24, 2.45) is 5.73 Å². The lowest BCUT2D eigenvalue weighted by atomic mass is 10.0. The highest BCUT2D eigenvalue weighted by molar-refractivity contribution is 6.38. The van der Waals surface area contributed by atoms with E-state index in [1.54, 1.807) is 37.3 Å². The summed E-state index contributed by atoms with van der Waals surface area (Å²) in [5.41, 5.74) is 5.89. The van der Waals surface area contributed by atoms with Gasteiger partial charge in [0.05, 0.1) is 11.8 Å². The van der Waals surface area contributed by atoms with Crippen molar-refractivity contribution >= 4 is 17.6 Å². The molecule has 0 spiro atoms. The van der Waals surface area contributed by atoms with Crippen molar-refractivity contribution in [1.29, 1.82) is 0 Å². The van der Waals surface area contributed by atoms with Gasteiger partial charge in [-0.2, -0.15) is 13.9 Å². The second-order valence-electron chi connectivity index (χ2n) is 6.48. The molecule has 0 aliphatic carbocycles. The number of aromatic nitrogens is 2. The van der Waals surface area contributed by atoms with Gasteiger partial charge in [-0.05, 0) is 18.6 Å². The first-order valence-corrected chi connectivity index (χ1v) is 8.88. The van der Waals surface area contributed by atoms with Crippen molar-refractivity contribution in [2.75, 3.05) is 0 Å². The molecule has 3 N–H and O–H groups in total. The predicted octanol–water partition coefficient (Wildman–Crippen LogP) is 2.24. The van der Waals surface area contributed by atoms with Crippen molar-refractivity contribution in [3.63, 3.8) is 0 Å². The van der Waals surface area contributed by atoms with Crippen molar-refractivity contribution in [1.82, 2.24) is 15.1 Å². The van der Waals surface area contributed by atoms with Gasteiger partial charge in [0.15, 0.2) is 0 Å². The van der Waals surface area contributed by atoms with Gasteiger partial charge in [-0.1, -0.05) is 30.3 Å². The SMILES string of the molecule is Cc1occc1-c1nn(C(F)F)cc1C(=O)NC(Cc1ccccc1)C(=O)C(N)=O. The van der Waals surface area contributed by atoms with E-state index in [2.05, 4.69) is 10.4 Å². The number of aryl methyl sites for hydroxylation is 1. The molecule has 0 fully saturated rings. The standard InChI is InChI=1S/C20H18F2N4O4/c1-11-13(7-8-30-11)16-14(10-26(25-16)20(21)22)19(29)24-15(17(27)18(23)28)9-12-5-3-2-4-6-12/h2-8,10,15,20H,9H2,1H3,(H2,23,28)(H,24,29). The van der Waals surface area contributed by atoms with E-state index in [1.165, 1.54) is 12.3 Å². The number of furan rings is 1. The van der Waals surface area contributed by atoms with E-state index in [9.17, 15) is 23.2 Å². The van der Waals surface area contributed by atoms with Crippen LogP contribution in [0.25, 0.3) is 11.3 Å². The molecule has 0 radical (unpaired) electrons. The number of benzene rings is 1. The summed E-state index contributed by atoms with van der Waals surface area (Å²) in [6.07, 6.45) is 2.20. The van der Waals surface area contributed by atoms with E-state index in [4.69, 9.17) is 10.2 Å². The molecule has 10 heteroatoms. The first-order valence-electron chi connectivity index (χ1n) is 8.88. The normalized spacial score (nSPS) is 12.0. The van der Waals surface area contributed by atoms with Gasteiger partial charge < -0.3 is 15.5 Å². The van der Waals surface area contributed by atoms with Crippen molar-refractivity contribution in [2.45, 2.75) is 25.9 Å². The number of halogens is 2. The minimum absolute atomic E-state index is 0.00257. The maximum absolute atomic E-state index is 13.2. The average Bonchev–Trinajstić information content (AvgIpc) is 3.33. The minimum atomic E-state index is -2.98. The van der Waals surface area contributed by atoms with Crippen LogP contribution < -0.4 is 11.1 Å². The van der Waals surface area contributed by atoms with Gasteiger partial charge in [-0.25, -0.2) is 4.68 Å². The second-order valence-corrected chi connectivity index (χ2v) is 6.48. The summed E-state index contributed by atoms with van der Waals surface area (Å²) in [6, 6.07) is 8.87. The number of hydrogen-bond acceptors (Lipinski definition) is 5. The molecule has 0 aliphatic rings. The van der Waals surface area contributed by atoms with Gasteiger partial charge in [0.1, 0.15) is 17.5 Å². The molecular weight excluding hydrogens is 398 g/mol. The molecule has 2 heterocycles. The van der Waals surface area contributed by atoms with Crippen LogP contribution in [0.3, 0.4) is 0 Å². The van der Waals surface area contributed by atoms with E-state index in [0.29, 0.717) is 21.6 Å². The number of carbonyl (C=O) groups excluding carboxylic acids is 3. The lowest BCUT2D eigenvalue weighted by Gasteiger charge is -2.16. The van der Waals surface area contributed by atoms with Crippen LogP contribution in [0.1, 0.15) is 28.2 Å². The number of nitrogens with one attached hydrogen (secondary N) is 1. The first kappa shape index (κ1) is 20.9. The predicted molar refractivity (Wildman–Crippen MR) is 102 cm³/mol. The van der Waals surface area contributed by atoms with Crippen LogP contribution in [-0.4, -0.2) is 33.4 Å². The summed E-state index contributed by atoms with van der Waals surface area (Å²) in [5.74, 6) is -2.70. The number of nitrogens with zero attached hydrogens (tertiary/aromatic N) is 2. The van der Waals surface area contributed by atoms with Crippen LogP contribution in [0.2, 0.25) is 0 Å². The Balaban J connectivity index is 1.94. The van der Waals surface area contributed by atoms with Crippen LogP contribution in [-0.2, 0) is 16.0 Å². The van der Waals surface area contributed by atoms with Gasteiger partial charge in [0.2, 0.25) is 5.78 Å². The zero-order valence-corrected chi connectivity index (χ0v) is 15.8. The fourth-order valence-electron chi connectivity index (χ4n) is 2.95. The van der Waals surface area contributed by atoms with Crippen LogP contribution in [0.4, 0.5) is 8.78 Å². The zero-order chi connectivity index (χ0) is 21.8. The van der Waals surface area contributed by atoms with Gasteiger partial charge in [0.25, 0.3) is 11.8 Å². The number of nitrogens with two attached hydrogens (primary N) is 1. The lowest BCUT2D eigenvalue weighted by Crippen LogP contribution is -2.47. The smallest absolute Gasteiger partial charge is 0.333 e. The monoisotopic (exact) mass is 416 g/mol. The number of amides is 2. The minimum Gasteiger partial charge on any atom is -0.469 e. The van der Waals surface area contributed by atoms with E-state index < -0.39 is 30.2 Å². The maximum atomic E-state index is 13.2. The Kier molecular flexibility index (Phi) is 6.05. The van der Waals surface area contributed by atoms with E-state index in [0.717, 1.165) is 6.20 Å². The third kappa shape index (κ3) is 4.43. The maximum Gasteiger partial charge on any atom is 0.333 e. The Morgan fingerprint density at radius 2 is 1.90 bits per heavy atom. The number of alkyl halides is 2. The highest BCUT2D eigenvalue weighted by atomic mass is 19.3. The lowest BCUT2D eigenvalue weighted by molar-refractivity contribution is -0.137. The largest absolute Gasteiger partial charge is 0.469 e. The molecule has 8 nitrogen and oxygen atoms in total. The molecule has 1 aromatic carbocycles. The molecule has 3 aromatic rings. The summed E-state index contributed by atoms with van der Waals surface area (Å²) in [5, 5.41) is 6.19. The Morgan fingerprint density at radius 1 is 1.20 bits per heavy atom. The molecule has 0 aliphatic heterocycles. The summed E-state index contributed by atoms with van der Waals surface area (Å²) in [7, 11) is 0. The molecule has 2 aromatic heterocycles. The van der Waals surface area contributed by atoms with Crippen LogP contribution in [0.5, 0.6) is 0 Å². The molecule has 2 amide bonds. The molecule has 0 saturated carbocycles. The van der Waals surface area contributed by atoms with Gasteiger partial charge >= 0.3 is 6.55 Å². The van der Waals surface area contributed by atoms with Crippen molar-refractivity contribution in [3.8, 4) is 11.3 Å². The molecule has 0 bridgehead atoms. The van der Waals surface area contributed by atoms with Crippen LogP contribution >= 0.6 is 0 Å². The quantitative estimate of drug-likeness (QED) is 0.546. The van der Waals surface area contributed by atoms with E-state index >= 15 is 0 Å².